The van der Waals surface area contributed by atoms with Crippen molar-refractivity contribution in [1.82, 2.24) is 9.80 Å². The lowest BCUT2D eigenvalue weighted by molar-refractivity contribution is -0.140. The third-order valence-electron chi connectivity index (χ3n) is 6.93. The Morgan fingerprint density at radius 2 is 1.40 bits per heavy atom. The smallest absolute Gasteiger partial charge is 0.233 e. The number of carbonyl (C=O) groups excluding carboxylic acids is 2. The number of hydrogen-bond acceptors (Lipinski definition) is 4. The van der Waals surface area contributed by atoms with Gasteiger partial charge in [0.15, 0.2) is 0 Å². The second-order valence-corrected chi connectivity index (χ2v) is 9.96. The Morgan fingerprint density at radius 3 is 1.93 bits per heavy atom. The maximum Gasteiger partial charge on any atom is 0.233 e. The Hall–Kier alpha value is -2.14. The van der Waals surface area contributed by atoms with Crippen LogP contribution in [-0.4, -0.2) is 60.9 Å². The Kier molecular flexibility index (Phi) is 6.01. The SMILES string of the molecule is CC(C)(C)c1ccc(N2CCN(CCCN3C(=O)C4CC=CCC4C3=O)CC2)cc1. The Balaban J connectivity index is 1.22. The average molecular weight is 410 g/mol. The first-order valence-electron chi connectivity index (χ1n) is 11.4. The number of piperazine rings is 1. The van der Waals surface area contributed by atoms with Crippen LogP contribution in [0.25, 0.3) is 0 Å². The van der Waals surface area contributed by atoms with Gasteiger partial charge in [0, 0.05) is 38.4 Å². The molecule has 5 heteroatoms. The highest BCUT2D eigenvalue weighted by Crippen LogP contribution is 2.35. The third-order valence-corrected chi connectivity index (χ3v) is 6.93. The molecule has 5 nitrogen and oxygen atoms in total. The Labute approximate surface area is 180 Å². The van der Waals surface area contributed by atoms with Crippen molar-refractivity contribution in [3.8, 4) is 0 Å². The molecule has 2 amide bonds. The summed E-state index contributed by atoms with van der Waals surface area (Å²) in [6.07, 6.45) is 6.41. The molecule has 2 fully saturated rings. The van der Waals surface area contributed by atoms with Gasteiger partial charge in [0.05, 0.1) is 11.8 Å². The van der Waals surface area contributed by atoms with Crippen molar-refractivity contribution in [1.29, 1.82) is 0 Å². The first kappa shape index (κ1) is 21.1. The molecule has 0 aromatic heterocycles. The van der Waals surface area contributed by atoms with Gasteiger partial charge in [0.25, 0.3) is 0 Å². The molecular formula is C25H35N3O2. The summed E-state index contributed by atoms with van der Waals surface area (Å²) in [6.45, 7) is 12.3. The minimum Gasteiger partial charge on any atom is -0.369 e. The van der Waals surface area contributed by atoms with Crippen molar-refractivity contribution in [2.75, 3.05) is 44.2 Å². The van der Waals surface area contributed by atoms with Gasteiger partial charge >= 0.3 is 0 Å². The fourth-order valence-corrected chi connectivity index (χ4v) is 4.94. The van der Waals surface area contributed by atoms with E-state index in [1.807, 2.05) is 12.2 Å². The molecule has 2 saturated heterocycles. The standard InChI is InChI=1S/C25H35N3O2/c1-25(2,3)19-9-11-20(12-10-19)27-17-15-26(16-18-27)13-6-14-28-23(29)21-7-4-5-8-22(21)24(28)30/h4-5,9-12,21-22H,6-8,13-18H2,1-3H3. The zero-order valence-corrected chi connectivity index (χ0v) is 18.6. The van der Waals surface area contributed by atoms with E-state index >= 15 is 0 Å². The first-order chi connectivity index (χ1) is 14.3. The van der Waals surface area contributed by atoms with Crippen molar-refractivity contribution >= 4 is 17.5 Å². The fourth-order valence-electron chi connectivity index (χ4n) is 4.94. The van der Waals surface area contributed by atoms with Crippen LogP contribution in [0, 0.1) is 11.8 Å². The molecule has 1 aromatic carbocycles. The van der Waals surface area contributed by atoms with Crippen molar-refractivity contribution in [3.63, 3.8) is 0 Å². The highest BCUT2D eigenvalue weighted by atomic mass is 16.2. The van der Waals surface area contributed by atoms with Gasteiger partial charge in [-0.25, -0.2) is 0 Å². The molecule has 0 bridgehead atoms. The topological polar surface area (TPSA) is 43.9 Å². The normalized spacial score (nSPS) is 25.2. The molecule has 2 atom stereocenters. The minimum absolute atomic E-state index is 0.0536. The minimum atomic E-state index is -0.101. The lowest BCUT2D eigenvalue weighted by Gasteiger charge is -2.36. The maximum atomic E-state index is 12.6. The van der Waals surface area contributed by atoms with E-state index in [-0.39, 0.29) is 29.1 Å². The monoisotopic (exact) mass is 409 g/mol. The summed E-state index contributed by atoms with van der Waals surface area (Å²) >= 11 is 0. The van der Waals surface area contributed by atoms with Gasteiger partial charge < -0.3 is 4.90 Å². The van der Waals surface area contributed by atoms with Crippen LogP contribution in [0.3, 0.4) is 0 Å². The van der Waals surface area contributed by atoms with Crippen LogP contribution in [0.1, 0.15) is 45.6 Å². The molecule has 4 rings (SSSR count). The van der Waals surface area contributed by atoms with Gasteiger partial charge in [-0.1, -0.05) is 45.1 Å². The highest BCUT2D eigenvalue weighted by molar-refractivity contribution is 6.05. The van der Waals surface area contributed by atoms with Crippen molar-refractivity contribution in [2.45, 2.75) is 45.4 Å². The zero-order valence-electron chi connectivity index (χ0n) is 18.6. The number of rotatable bonds is 5. The average Bonchev–Trinajstić information content (AvgIpc) is 2.99. The fraction of sp³-hybridized carbons (Fsp3) is 0.600. The maximum absolute atomic E-state index is 12.6. The molecule has 162 valence electrons. The van der Waals surface area contributed by atoms with Crippen molar-refractivity contribution < 1.29 is 9.59 Å². The first-order valence-corrected chi connectivity index (χ1v) is 11.4. The summed E-state index contributed by atoms with van der Waals surface area (Å²) in [5, 5.41) is 0. The number of allylic oxidation sites excluding steroid dienone is 2. The number of amides is 2. The molecule has 0 N–H and O–H groups in total. The van der Waals surface area contributed by atoms with E-state index in [1.165, 1.54) is 16.2 Å². The summed E-state index contributed by atoms with van der Waals surface area (Å²) in [6, 6.07) is 8.99. The number of hydrogen-bond donors (Lipinski definition) is 0. The van der Waals surface area contributed by atoms with Crippen molar-refractivity contribution in [3.05, 3.63) is 42.0 Å². The molecule has 1 aliphatic carbocycles. The zero-order chi connectivity index (χ0) is 21.3. The van der Waals surface area contributed by atoms with E-state index < -0.39 is 0 Å². The number of likely N-dealkylation sites (tertiary alicyclic amines) is 1. The number of imide groups is 1. The molecule has 30 heavy (non-hydrogen) atoms. The van der Waals surface area contributed by atoms with E-state index in [0.29, 0.717) is 6.54 Å². The molecular weight excluding hydrogens is 374 g/mol. The summed E-state index contributed by atoms with van der Waals surface area (Å²) in [5.41, 5.74) is 2.85. The van der Waals surface area contributed by atoms with Gasteiger partial charge in [0.2, 0.25) is 11.8 Å². The summed E-state index contributed by atoms with van der Waals surface area (Å²) < 4.78 is 0. The quantitative estimate of drug-likeness (QED) is 0.552. The Morgan fingerprint density at radius 1 is 0.833 bits per heavy atom. The molecule has 2 aliphatic heterocycles. The Bertz CT molecular complexity index is 775. The van der Waals surface area contributed by atoms with Crippen LogP contribution in [0.4, 0.5) is 5.69 Å². The molecule has 0 spiro atoms. The van der Waals surface area contributed by atoms with Crippen LogP contribution >= 0.6 is 0 Å². The molecule has 0 radical (unpaired) electrons. The highest BCUT2D eigenvalue weighted by Gasteiger charge is 2.46. The van der Waals surface area contributed by atoms with E-state index in [1.54, 1.807) is 0 Å². The van der Waals surface area contributed by atoms with Crippen LogP contribution in [0.2, 0.25) is 0 Å². The van der Waals surface area contributed by atoms with Gasteiger partial charge in [-0.2, -0.15) is 0 Å². The van der Waals surface area contributed by atoms with E-state index in [2.05, 4.69) is 54.8 Å². The van der Waals surface area contributed by atoms with Crippen LogP contribution in [-0.2, 0) is 15.0 Å². The van der Waals surface area contributed by atoms with Crippen molar-refractivity contribution in [2.24, 2.45) is 11.8 Å². The number of fused-ring (bicyclic) bond motifs is 1. The number of nitrogens with zero attached hydrogens (tertiary/aromatic N) is 3. The molecule has 0 saturated carbocycles. The molecule has 3 aliphatic rings. The van der Waals surface area contributed by atoms with Gasteiger partial charge in [-0.05, 0) is 48.9 Å². The number of carbonyl (C=O) groups is 2. The summed E-state index contributed by atoms with van der Waals surface area (Å²) in [7, 11) is 0. The molecule has 2 heterocycles. The predicted molar refractivity (Wildman–Crippen MR) is 120 cm³/mol. The van der Waals surface area contributed by atoms with Gasteiger partial charge in [-0.3, -0.25) is 19.4 Å². The largest absolute Gasteiger partial charge is 0.369 e. The number of anilines is 1. The van der Waals surface area contributed by atoms with Crippen LogP contribution < -0.4 is 4.90 Å². The van der Waals surface area contributed by atoms with E-state index in [4.69, 9.17) is 0 Å². The molecule has 2 unspecified atom stereocenters. The van der Waals surface area contributed by atoms with E-state index in [9.17, 15) is 9.59 Å². The third kappa shape index (κ3) is 4.31. The second kappa shape index (κ2) is 8.54. The summed E-state index contributed by atoms with van der Waals surface area (Å²) in [4.78, 5) is 31.6. The van der Waals surface area contributed by atoms with Crippen LogP contribution in [0.5, 0.6) is 0 Å². The predicted octanol–water partition coefficient (Wildman–Crippen LogP) is 3.45. The number of benzene rings is 1. The van der Waals surface area contributed by atoms with Gasteiger partial charge in [0.1, 0.15) is 0 Å². The van der Waals surface area contributed by atoms with Crippen LogP contribution in [0.15, 0.2) is 36.4 Å². The lowest BCUT2D eigenvalue weighted by Crippen LogP contribution is -2.47. The molecule has 1 aromatic rings. The second-order valence-electron chi connectivity index (χ2n) is 9.96. The lowest BCUT2D eigenvalue weighted by atomic mass is 9.85. The summed E-state index contributed by atoms with van der Waals surface area (Å²) in [5.74, 6) is -0.0952. The van der Waals surface area contributed by atoms with E-state index in [0.717, 1.165) is 52.0 Å². The van der Waals surface area contributed by atoms with Gasteiger partial charge in [-0.15, -0.1) is 0 Å².